The molecule has 108 valence electrons. The van der Waals surface area contributed by atoms with E-state index in [1.807, 2.05) is 30.3 Å². The molecule has 0 saturated heterocycles. The highest BCUT2D eigenvalue weighted by molar-refractivity contribution is 6.31. The van der Waals surface area contributed by atoms with Crippen LogP contribution in [0.3, 0.4) is 0 Å². The summed E-state index contributed by atoms with van der Waals surface area (Å²) in [5.74, 6) is 0.910. The average Bonchev–Trinajstić information content (AvgIpc) is 2.91. The number of nitrogens with zero attached hydrogens (tertiary/aromatic N) is 2. The molecule has 0 spiro atoms. The minimum Gasteiger partial charge on any atom is -0.341 e. The van der Waals surface area contributed by atoms with Gasteiger partial charge in [0.1, 0.15) is 5.82 Å². The zero-order valence-corrected chi connectivity index (χ0v) is 12.7. The molecule has 0 aliphatic heterocycles. The predicted octanol–water partition coefficient (Wildman–Crippen LogP) is 4.02. The van der Waals surface area contributed by atoms with Crippen LogP contribution in [0, 0.1) is 0 Å². The number of halogens is 1. The molecule has 1 aromatic carbocycles. The van der Waals surface area contributed by atoms with Gasteiger partial charge in [-0.2, -0.15) is 0 Å². The molecule has 0 aliphatic carbocycles. The molecule has 2 heterocycles. The Morgan fingerprint density at radius 2 is 1.86 bits per heavy atom. The zero-order valence-electron chi connectivity index (χ0n) is 12.0. The molecule has 2 aromatic heterocycles. The van der Waals surface area contributed by atoms with Crippen LogP contribution < -0.4 is 5.32 Å². The van der Waals surface area contributed by atoms with Crippen molar-refractivity contribution in [3.63, 3.8) is 0 Å². The van der Waals surface area contributed by atoms with Crippen LogP contribution in [0.25, 0.3) is 11.0 Å². The van der Waals surface area contributed by atoms with E-state index in [1.54, 1.807) is 12.4 Å². The lowest BCUT2D eigenvalue weighted by Gasteiger charge is -2.18. The van der Waals surface area contributed by atoms with E-state index < -0.39 is 0 Å². The molecule has 3 aromatic rings. The monoisotopic (exact) mass is 300 g/mol. The summed E-state index contributed by atoms with van der Waals surface area (Å²) in [6, 6.07) is 10.0. The lowest BCUT2D eigenvalue weighted by molar-refractivity contribution is 0.480. The van der Waals surface area contributed by atoms with Crippen LogP contribution in [0.15, 0.2) is 42.7 Å². The number of fused-ring (bicyclic) bond motifs is 1. The summed E-state index contributed by atoms with van der Waals surface area (Å²) in [6.45, 7) is 4.22. The van der Waals surface area contributed by atoms with Crippen LogP contribution >= 0.6 is 11.6 Å². The van der Waals surface area contributed by atoms with Crippen molar-refractivity contribution in [2.24, 2.45) is 0 Å². The van der Waals surface area contributed by atoms with Crippen molar-refractivity contribution in [3.8, 4) is 0 Å². The van der Waals surface area contributed by atoms with Gasteiger partial charge in [0, 0.05) is 23.5 Å². The lowest BCUT2D eigenvalue weighted by atomic mass is 10.1. The van der Waals surface area contributed by atoms with E-state index in [-0.39, 0.29) is 12.1 Å². The molecule has 4 nitrogen and oxygen atoms in total. The molecule has 0 saturated carbocycles. The number of aromatic nitrogens is 3. The van der Waals surface area contributed by atoms with E-state index in [4.69, 9.17) is 11.6 Å². The number of hydrogen-bond donors (Lipinski definition) is 2. The summed E-state index contributed by atoms with van der Waals surface area (Å²) < 4.78 is 0. The second-order valence-electron chi connectivity index (χ2n) is 5.17. The Hall–Kier alpha value is -1.91. The molecule has 2 N–H and O–H groups in total. The third-order valence-electron chi connectivity index (χ3n) is 3.58. The minimum absolute atomic E-state index is 0.111. The van der Waals surface area contributed by atoms with Gasteiger partial charge in [-0.05, 0) is 49.7 Å². The van der Waals surface area contributed by atoms with Crippen LogP contribution in [0.5, 0.6) is 0 Å². The fraction of sp³-hybridized carbons (Fsp3) is 0.250. The standard InChI is InChI=1S/C16H17ClN4/c1-10(12-5-7-18-8-6-12)19-11(2)16-20-14-4-3-13(17)9-15(14)21-16/h3-11,19H,1-2H3,(H,20,21)/t10-,11+/m1/s1. The first-order valence-corrected chi connectivity index (χ1v) is 7.32. The SMILES string of the molecule is C[C@H](N[C@H](C)c1ccncc1)c1nc2ccc(Cl)cc2[nH]1. The van der Waals surface area contributed by atoms with Crippen LogP contribution in [0.4, 0.5) is 0 Å². The number of hydrogen-bond acceptors (Lipinski definition) is 3. The number of H-pyrrole nitrogens is 1. The van der Waals surface area contributed by atoms with Gasteiger partial charge in [-0.1, -0.05) is 11.6 Å². The Morgan fingerprint density at radius 1 is 1.10 bits per heavy atom. The van der Waals surface area contributed by atoms with Gasteiger partial charge in [-0.3, -0.25) is 4.98 Å². The van der Waals surface area contributed by atoms with E-state index in [0.717, 1.165) is 16.9 Å². The molecule has 5 heteroatoms. The van der Waals surface area contributed by atoms with Crippen LogP contribution in [-0.4, -0.2) is 15.0 Å². The van der Waals surface area contributed by atoms with Gasteiger partial charge in [0.15, 0.2) is 0 Å². The maximum atomic E-state index is 6.00. The van der Waals surface area contributed by atoms with Crippen molar-refractivity contribution < 1.29 is 0 Å². The van der Waals surface area contributed by atoms with Gasteiger partial charge in [0.05, 0.1) is 17.1 Å². The normalized spacial score (nSPS) is 14.2. The Bertz CT molecular complexity index is 738. The molecule has 0 bridgehead atoms. The molecule has 0 radical (unpaired) electrons. The third kappa shape index (κ3) is 3.06. The third-order valence-corrected chi connectivity index (χ3v) is 3.81. The van der Waals surface area contributed by atoms with Gasteiger partial charge in [-0.15, -0.1) is 0 Å². The first kappa shape index (κ1) is 14.0. The number of rotatable bonds is 4. The molecular weight excluding hydrogens is 284 g/mol. The van der Waals surface area contributed by atoms with Gasteiger partial charge >= 0.3 is 0 Å². The topological polar surface area (TPSA) is 53.6 Å². The Labute approximate surface area is 128 Å². The van der Waals surface area contributed by atoms with Gasteiger partial charge in [0.2, 0.25) is 0 Å². The van der Waals surface area contributed by atoms with Crippen LogP contribution in [0.2, 0.25) is 5.02 Å². The number of imidazole rings is 1. The highest BCUT2D eigenvalue weighted by Gasteiger charge is 2.14. The van der Waals surface area contributed by atoms with Crippen molar-refractivity contribution in [2.75, 3.05) is 0 Å². The number of aromatic amines is 1. The molecular formula is C16H17ClN4. The summed E-state index contributed by atoms with van der Waals surface area (Å²) in [5.41, 5.74) is 3.10. The molecule has 0 unspecified atom stereocenters. The molecule has 21 heavy (non-hydrogen) atoms. The molecule has 2 atom stereocenters. The largest absolute Gasteiger partial charge is 0.341 e. The van der Waals surface area contributed by atoms with Gasteiger partial charge in [-0.25, -0.2) is 4.98 Å². The van der Waals surface area contributed by atoms with Crippen LogP contribution in [-0.2, 0) is 0 Å². The van der Waals surface area contributed by atoms with Crippen molar-refractivity contribution in [3.05, 3.63) is 59.1 Å². The summed E-state index contributed by atoms with van der Waals surface area (Å²) >= 11 is 6.00. The maximum Gasteiger partial charge on any atom is 0.124 e. The first-order valence-electron chi connectivity index (χ1n) is 6.94. The molecule has 3 rings (SSSR count). The molecule has 0 fully saturated rings. The van der Waals surface area contributed by atoms with Crippen molar-refractivity contribution in [2.45, 2.75) is 25.9 Å². The predicted molar refractivity (Wildman–Crippen MR) is 85.3 cm³/mol. The number of benzene rings is 1. The van der Waals surface area contributed by atoms with Gasteiger partial charge in [0.25, 0.3) is 0 Å². The average molecular weight is 301 g/mol. The highest BCUT2D eigenvalue weighted by atomic mass is 35.5. The van der Waals surface area contributed by atoms with E-state index >= 15 is 0 Å². The fourth-order valence-electron chi connectivity index (χ4n) is 2.41. The van der Waals surface area contributed by atoms with E-state index in [2.05, 4.69) is 34.1 Å². The smallest absolute Gasteiger partial charge is 0.124 e. The fourth-order valence-corrected chi connectivity index (χ4v) is 2.58. The zero-order chi connectivity index (χ0) is 14.8. The summed E-state index contributed by atoms with van der Waals surface area (Å²) in [4.78, 5) is 12.0. The quantitative estimate of drug-likeness (QED) is 0.765. The van der Waals surface area contributed by atoms with E-state index in [0.29, 0.717) is 5.02 Å². The second-order valence-corrected chi connectivity index (χ2v) is 5.61. The minimum atomic E-state index is 0.111. The number of nitrogens with one attached hydrogen (secondary N) is 2. The second kappa shape index (κ2) is 5.84. The maximum absolute atomic E-state index is 6.00. The Balaban J connectivity index is 1.79. The Morgan fingerprint density at radius 3 is 2.62 bits per heavy atom. The van der Waals surface area contributed by atoms with Crippen molar-refractivity contribution in [1.82, 2.24) is 20.3 Å². The van der Waals surface area contributed by atoms with Crippen LogP contribution in [0.1, 0.15) is 37.3 Å². The lowest BCUT2D eigenvalue weighted by Crippen LogP contribution is -2.23. The van der Waals surface area contributed by atoms with Crippen molar-refractivity contribution >= 4 is 22.6 Å². The number of pyridine rings is 1. The first-order chi connectivity index (χ1) is 10.1. The Kier molecular flexibility index (Phi) is 3.90. The summed E-state index contributed by atoms with van der Waals surface area (Å²) in [6.07, 6.45) is 3.61. The van der Waals surface area contributed by atoms with Crippen molar-refractivity contribution in [1.29, 1.82) is 0 Å². The van der Waals surface area contributed by atoms with E-state index in [1.165, 1.54) is 5.56 Å². The van der Waals surface area contributed by atoms with Gasteiger partial charge < -0.3 is 10.3 Å². The molecule has 0 amide bonds. The summed E-state index contributed by atoms with van der Waals surface area (Å²) in [7, 11) is 0. The highest BCUT2D eigenvalue weighted by Crippen LogP contribution is 2.22. The van der Waals surface area contributed by atoms with E-state index in [9.17, 15) is 0 Å². The molecule has 0 aliphatic rings. The summed E-state index contributed by atoms with van der Waals surface area (Å²) in [5, 5.41) is 4.25.